The molecule has 0 bridgehead atoms. The summed E-state index contributed by atoms with van der Waals surface area (Å²) in [5.74, 6) is -0.757. The predicted molar refractivity (Wildman–Crippen MR) is 82.0 cm³/mol. The van der Waals surface area contributed by atoms with Crippen molar-refractivity contribution in [2.75, 3.05) is 6.54 Å². The standard InChI is InChI=1S/C16H17BrFNO/c1-10-4-2-3-5-12(10)14(9-19)16(20)13-8-11(17)6-7-15(13)18/h2-8,14,16,20H,9,19H2,1H3. The van der Waals surface area contributed by atoms with Gasteiger partial charge in [-0.25, -0.2) is 4.39 Å². The molecule has 106 valence electrons. The Hall–Kier alpha value is -1.23. The number of rotatable bonds is 4. The molecule has 2 unspecified atom stereocenters. The van der Waals surface area contributed by atoms with Crippen molar-refractivity contribution in [2.45, 2.75) is 18.9 Å². The number of nitrogens with two attached hydrogens (primary N) is 1. The molecule has 0 aliphatic heterocycles. The lowest BCUT2D eigenvalue weighted by Crippen LogP contribution is -2.21. The summed E-state index contributed by atoms with van der Waals surface area (Å²) in [7, 11) is 0. The quantitative estimate of drug-likeness (QED) is 0.893. The molecule has 0 fully saturated rings. The maximum absolute atomic E-state index is 13.9. The van der Waals surface area contributed by atoms with Gasteiger partial charge >= 0.3 is 0 Å². The molecule has 2 aromatic carbocycles. The predicted octanol–water partition coefficient (Wildman–Crippen LogP) is 3.67. The van der Waals surface area contributed by atoms with E-state index in [0.717, 1.165) is 15.6 Å². The number of halogens is 2. The van der Waals surface area contributed by atoms with E-state index in [9.17, 15) is 9.50 Å². The Bertz CT molecular complexity index is 603. The average Bonchev–Trinajstić information content (AvgIpc) is 2.44. The van der Waals surface area contributed by atoms with Gasteiger partial charge in [-0.1, -0.05) is 40.2 Å². The average molecular weight is 338 g/mol. The number of aliphatic hydroxyl groups excluding tert-OH is 1. The molecule has 0 aliphatic rings. The zero-order valence-corrected chi connectivity index (χ0v) is 12.8. The fourth-order valence-corrected chi connectivity index (χ4v) is 2.77. The molecule has 0 saturated carbocycles. The summed E-state index contributed by atoms with van der Waals surface area (Å²) in [6.07, 6.45) is -0.974. The lowest BCUT2D eigenvalue weighted by molar-refractivity contribution is 0.143. The van der Waals surface area contributed by atoms with Gasteiger partial charge in [-0.2, -0.15) is 0 Å². The van der Waals surface area contributed by atoms with Crippen molar-refractivity contribution in [3.05, 3.63) is 69.4 Å². The van der Waals surface area contributed by atoms with Crippen LogP contribution in [0.5, 0.6) is 0 Å². The van der Waals surface area contributed by atoms with E-state index in [2.05, 4.69) is 15.9 Å². The molecule has 0 heterocycles. The van der Waals surface area contributed by atoms with Crippen LogP contribution in [0.4, 0.5) is 4.39 Å². The maximum atomic E-state index is 13.9. The number of hydrogen-bond acceptors (Lipinski definition) is 2. The van der Waals surface area contributed by atoms with Crippen LogP contribution in [-0.2, 0) is 0 Å². The summed E-state index contributed by atoms with van der Waals surface area (Å²) in [6.45, 7) is 2.21. The van der Waals surface area contributed by atoms with Gasteiger partial charge in [0.25, 0.3) is 0 Å². The van der Waals surface area contributed by atoms with E-state index in [4.69, 9.17) is 5.73 Å². The number of benzene rings is 2. The van der Waals surface area contributed by atoms with E-state index in [0.29, 0.717) is 0 Å². The lowest BCUT2D eigenvalue weighted by atomic mass is 9.86. The summed E-state index contributed by atoms with van der Waals surface area (Å²) in [6, 6.07) is 12.3. The second kappa shape index (κ2) is 6.48. The van der Waals surface area contributed by atoms with Gasteiger partial charge in [0.15, 0.2) is 0 Å². The molecule has 2 nitrogen and oxygen atoms in total. The van der Waals surface area contributed by atoms with Crippen LogP contribution in [0.1, 0.15) is 28.7 Å². The number of aryl methyl sites for hydroxylation is 1. The summed E-state index contributed by atoms with van der Waals surface area (Å²) >= 11 is 3.30. The normalized spacial score (nSPS) is 14.1. The van der Waals surface area contributed by atoms with Gasteiger partial charge in [-0.15, -0.1) is 0 Å². The Morgan fingerprint density at radius 2 is 1.90 bits per heavy atom. The molecule has 2 atom stereocenters. The van der Waals surface area contributed by atoms with Crippen molar-refractivity contribution in [2.24, 2.45) is 5.73 Å². The first-order valence-electron chi connectivity index (χ1n) is 6.43. The van der Waals surface area contributed by atoms with Gasteiger partial charge in [0.2, 0.25) is 0 Å². The fourth-order valence-electron chi connectivity index (χ4n) is 2.39. The highest BCUT2D eigenvalue weighted by molar-refractivity contribution is 9.10. The van der Waals surface area contributed by atoms with Crippen molar-refractivity contribution in [1.29, 1.82) is 0 Å². The summed E-state index contributed by atoms with van der Waals surface area (Å²) in [5.41, 5.74) is 8.05. The topological polar surface area (TPSA) is 46.2 Å². The second-order valence-electron chi connectivity index (χ2n) is 4.81. The minimum absolute atomic E-state index is 0.248. The SMILES string of the molecule is Cc1ccccc1C(CN)C(O)c1cc(Br)ccc1F. The Kier molecular flexibility index (Phi) is 4.91. The van der Waals surface area contributed by atoms with Gasteiger partial charge in [0, 0.05) is 22.5 Å². The largest absolute Gasteiger partial charge is 0.388 e. The van der Waals surface area contributed by atoms with Crippen molar-refractivity contribution in [3.63, 3.8) is 0 Å². The summed E-state index contributed by atoms with van der Waals surface area (Å²) in [4.78, 5) is 0. The highest BCUT2D eigenvalue weighted by Crippen LogP contribution is 2.34. The van der Waals surface area contributed by atoms with Crippen molar-refractivity contribution >= 4 is 15.9 Å². The van der Waals surface area contributed by atoms with Crippen LogP contribution in [0, 0.1) is 12.7 Å². The Balaban J connectivity index is 2.41. The maximum Gasteiger partial charge on any atom is 0.129 e. The van der Waals surface area contributed by atoms with Gasteiger partial charge in [0.05, 0.1) is 6.10 Å². The highest BCUT2D eigenvalue weighted by Gasteiger charge is 2.25. The first-order valence-corrected chi connectivity index (χ1v) is 7.22. The molecule has 2 aromatic rings. The smallest absolute Gasteiger partial charge is 0.129 e. The van der Waals surface area contributed by atoms with Gasteiger partial charge in [-0.05, 0) is 36.2 Å². The Morgan fingerprint density at radius 3 is 2.55 bits per heavy atom. The van der Waals surface area contributed by atoms with Crippen LogP contribution in [0.2, 0.25) is 0 Å². The van der Waals surface area contributed by atoms with Crippen molar-refractivity contribution < 1.29 is 9.50 Å². The molecule has 0 spiro atoms. The van der Waals surface area contributed by atoms with Crippen LogP contribution < -0.4 is 5.73 Å². The molecule has 3 N–H and O–H groups in total. The summed E-state index contributed by atoms with van der Waals surface area (Å²) in [5, 5.41) is 10.5. The van der Waals surface area contributed by atoms with E-state index < -0.39 is 11.9 Å². The molecule has 20 heavy (non-hydrogen) atoms. The lowest BCUT2D eigenvalue weighted by Gasteiger charge is -2.24. The summed E-state index contributed by atoms with van der Waals surface area (Å²) < 4.78 is 14.6. The highest BCUT2D eigenvalue weighted by atomic mass is 79.9. The van der Waals surface area contributed by atoms with Gasteiger partial charge in [-0.3, -0.25) is 0 Å². The first kappa shape index (κ1) is 15.2. The molecular formula is C16H17BrFNO. The zero-order valence-electron chi connectivity index (χ0n) is 11.2. The Labute approximate surface area is 126 Å². The van der Waals surface area contributed by atoms with Crippen LogP contribution in [-0.4, -0.2) is 11.7 Å². The van der Waals surface area contributed by atoms with E-state index in [1.54, 1.807) is 12.1 Å². The van der Waals surface area contributed by atoms with Gasteiger partial charge in [0.1, 0.15) is 5.82 Å². The molecule has 2 rings (SSSR count). The zero-order chi connectivity index (χ0) is 14.7. The van der Waals surface area contributed by atoms with E-state index in [1.165, 1.54) is 6.07 Å². The molecule has 0 aromatic heterocycles. The molecule has 0 aliphatic carbocycles. The first-order chi connectivity index (χ1) is 9.54. The minimum Gasteiger partial charge on any atom is -0.388 e. The van der Waals surface area contributed by atoms with Crippen LogP contribution >= 0.6 is 15.9 Å². The van der Waals surface area contributed by atoms with Crippen LogP contribution in [0.3, 0.4) is 0 Å². The fraction of sp³-hybridized carbons (Fsp3) is 0.250. The molecule has 4 heteroatoms. The Morgan fingerprint density at radius 1 is 1.20 bits per heavy atom. The molecular weight excluding hydrogens is 321 g/mol. The van der Waals surface area contributed by atoms with Crippen LogP contribution in [0.25, 0.3) is 0 Å². The van der Waals surface area contributed by atoms with E-state index in [-0.39, 0.29) is 18.0 Å². The van der Waals surface area contributed by atoms with Crippen molar-refractivity contribution in [3.8, 4) is 0 Å². The monoisotopic (exact) mass is 337 g/mol. The number of hydrogen-bond donors (Lipinski definition) is 2. The van der Waals surface area contributed by atoms with Crippen molar-refractivity contribution in [1.82, 2.24) is 0 Å². The van der Waals surface area contributed by atoms with E-state index in [1.807, 2.05) is 31.2 Å². The van der Waals surface area contributed by atoms with E-state index >= 15 is 0 Å². The third-order valence-electron chi connectivity index (χ3n) is 3.50. The van der Waals surface area contributed by atoms with Gasteiger partial charge < -0.3 is 10.8 Å². The molecule has 0 radical (unpaired) electrons. The van der Waals surface area contributed by atoms with Crippen LogP contribution in [0.15, 0.2) is 46.9 Å². The number of aliphatic hydroxyl groups is 1. The third-order valence-corrected chi connectivity index (χ3v) is 3.99. The third kappa shape index (κ3) is 3.08. The minimum atomic E-state index is -0.974. The molecule has 0 saturated heterocycles. The second-order valence-corrected chi connectivity index (χ2v) is 5.73. The molecule has 0 amide bonds.